The third kappa shape index (κ3) is 8.19. The van der Waals surface area contributed by atoms with Crippen molar-refractivity contribution in [2.24, 2.45) is 10.7 Å². The second-order valence-electron chi connectivity index (χ2n) is 13.4. The van der Waals surface area contributed by atoms with E-state index in [4.69, 9.17) is 20.2 Å². The minimum absolute atomic E-state index is 0.243. The van der Waals surface area contributed by atoms with E-state index in [2.05, 4.69) is 70.2 Å². The van der Waals surface area contributed by atoms with Crippen LogP contribution in [-0.2, 0) is 9.30 Å². The van der Waals surface area contributed by atoms with Crippen molar-refractivity contribution in [2.75, 3.05) is 69.2 Å². The zero-order valence-electron chi connectivity index (χ0n) is 29.9. The molecular formula is C36H46BrN10O3P. The summed E-state index contributed by atoms with van der Waals surface area (Å²) in [5.41, 5.74) is 11.4. The molecule has 2 aromatic heterocycles. The predicted octanol–water partition coefficient (Wildman–Crippen LogP) is 6.00. The van der Waals surface area contributed by atoms with Crippen LogP contribution in [0.4, 0.5) is 28.8 Å². The second-order valence-corrected chi connectivity index (χ2v) is 17.4. The number of nitrogens with two attached hydrogens (primary N) is 1. The molecular weight excluding hydrogens is 731 g/mol. The first-order valence-corrected chi connectivity index (χ1v) is 20.4. The van der Waals surface area contributed by atoms with Crippen molar-refractivity contribution in [1.82, 2.24) is 24.8 Å². The molecule has 2 unspecified atom stereocenters. The number of rotatable bonds is 10. The molecule has 15 heteroatoms. The Labute approximate surface area is 307 Å². The Morgan fingerprint density at radius 2 is 1.80 bits per heavy atom. The number of nitrogens with zero attached hydrogens (tertiary/aromatic N) is 7. The molecule has 4 N–H and O–H groups in total. The van der Waals surface area contributed by atoms with Gasteiger partial charge in [-0.05, 0) is 74.1 Å². The number of allylic oxidation sites excluding steroid dienone is 1. The van der Waals surface area contributed by atoms with Gasteiger partial charge in [0.25, 0.3) is 0 Å². The molecule has 0 bridgehead atoms. The minimum Gasteiger partial charge on any atom is -0.494 e. The van der Waals surface area contributed by atoms with Crippen LogP contribution in [-0.4, -0.2) is 103 Å². The molecule has 270 valence electrons. The molecule has 2 fully saturated rings. The number of benzene rings is 2. The quantitative estimate of drug-likeness (QED) is 0.128. The zero-order chi connectivity index (χ0) is 36.3. The first-order chi connectivity index (χ1) is 24.5. The predicted molar refractivity (Wildman–Crippen MR) is 211 cm³/mol. The minimum atomic E-state index is -2.78. The van der Waals surface area contributed by atoms with Crippen molar-refractivity contribution in [3.63, 3.8) is 0 Å². The molecule has 2 atom stereocenters. The number of nitrogens with one attached hydrogen (secondary N) is 2. The summed E-state index contributed by atoms with van der Waals surface area (Å²) in [6.07, 6.45) is 10.8. The van der Waals surface area contributed by atoms with Crippen LogP contribution in [0.2, 0.25) is 0 Å². The van der Waals surface area contributed by atoms with Crippen LogP contribution in [0.15, 0.2) is 58.5 Å². The van der Waals surface area contributed by atoms with Crippen LogP contribution in [0.5, 0.6) is 5.75 Å². The van der Waals surface area contributed by atoms with E-state index >= 15 is 0 Å². The molecule has 13 nitrogen and oxygen atoms in total. The molecule has 2 aliphatic rings. The van der Waals surface area contributed by atoms with Crippen LogP contribution in [0.25, 0.3) is 16.6 Å². The lowest BCUT2D eigenvalue weighted by Gasteiger charge is -2.44. The molecule has 0 spiro atoms. The van der Waals surface area contributed by atoms with Crippen molar-refractivity contribution in [3.05, 3.63) is 59.1 Å². The van der Waals surface area contributed by atoms with Crippen LogP contribution < -0.4 is 31.3 Å². The molecule has 4 heterocycles. The molecule has 2 aliphatic heterocycles. The second kappa shape index (κ2) is 15.6. The maximum absolute atomic E-state index is 13.5. The molecule has 2 aromatic carbocycles. The normalized spacial score (nSPS) is 19.5. The van der Waals surface area contributed by atoms with Gasteiger partial charge in [-0.1, -0.05) is 0 Å². The number of methoxy groups -OCH3 is 1. The summed E-state index contributed by atoms with van der Waals surface area (Å²) in [7, 11) is 0.601. The largest absolute Gasteiger partial charge is 0.494 e. The molecule has 0 saturated carbocycles. The van der Waals surface area contributed by atoms with E-state index in [1.165, 1.54) is 0 Å². The number of hydrogen-bond acceptors (Lipinski definition) is 13. The van der Waals surface area contributed by atoms with E-state index in [1.54, 1.807) is 58.5 Å². The third-order valence-corrected chi connectivity index (χ3v) is 11.4. The number of anilines is 5. The summed E-state index contributed by atoms with van der Waals surface area (Å²) in [5.74, 6) is 1.44. The summed E-state index contributed by atoms with van der Waals surface area (Å²) >= 11 is 3.58. The summed E-state index contributed by atoms with van der Waals surface area (Å²) in [6, 6.07) is 8.27. The average Bonchev–Trinajstić information content (AvgIpc) is 3.11. The smallest absolute Gasteiger partial charge is 0.229 e. The van der Waals surface area contributed by atoms with Gasteiger partial charge in [-0.2, -0.15) is 4.98 Å². The Morgan fingerprint density at radius 1 is 1.08 bits per heavy atom. The highest BCUT2D eigenvalue weighted by Crippen LogP contribution is 2.42. The Morgan fingerprint density at radius 3 is 2.47 bits per heavy atom. The van der Waals surface area contributed by atoms with Gasteiger partial charge in [0.05, 0.1) is 46.0 Å². The zero-order valence-corrected chi connectivity index (χ0v) is 32.4. The molecule has 6 rings (SSSR count). The average molecular weight is 778 g/mol. The van der Waals surface area contributed by atoms with Crippen LogP contribution >= 0.6 is 23.1 Å². The van der Waals surface area contributed by atoms with Crippen molar-refractivity contribution in [3.8, 4) is 5.75 Å². The number of morpholine rings is 1. The fourth-order valence-electron chi connectivity index (χ4n) is 7.09. The number of aliphatic imine (C=N–C) groups is 1. The van der Waals surface area contributed by atoms with E-state index in [0.29, 0.717) is 55.7 Å². The van der Waals surface area contributed by atoms with Gasteiger partial charge < -0.3 is 35.3 Å². The highest BCUT2D eigenvalue weighted by atomic mass is 79.9. The molecule has 4 aromatic rings. The van der Waals surface area contributed by atoms with Gasteiger partial charge in [0.2, 0.25) is 5.95 Å². The summed E-state index contributed by atoms with van der Waals surface area (Å²) in [4.78, 5) is 27.5. The number of aromatic nitrogens is 4. The lowest BCUT2D eigenvalue weighted by Crippen LogP contribution is -2.53. The Hall–Kier alpha value is -4.10. The van der Waals surface area contributed by atoms with Gasteiger partial charge in [0.15, 0.2) is 0 Å². The van der Waals surface area contributed by atoms with Gasteiger partial charge in [0, 0.05) is 93.2 Å². The van der Waals surface area contributed by atoms with Crippen LogP contribution in [0.1, 0.15) is 32.3 Å². The number of halogens is 1. The van der Waals surface area contributed by atoms with Crippen LogP contribution in [0.3, 0.4) is 0 Å². The van der Waals surface area contributed by atoms with Gasteiger partial charge in [-0.3, -0.25) is 19.9 Å². The molecule has 0 amide bonds. The highest BCUT2D eigenvalue weighted by Gasteiger charge is 2.31. The fourth-order valence-corrected chi connectivity index (χ4v) is 8.77. The summed E-state index contributed by atoms with van der Waals surface area (Å²) < 4.78 is 26.1. The van der Waals surface area contributed by atoms with E-state index in [1.807, 2.05) is 24.3 Å². The van der Waals surface area contributed by atoms with Gasteiger partial charge in [-0.25, -0.2) is 4.98 Å². The van der Waals surface area contributed by atoms with E-state index in [0.717, 1.165) is 55.8 Å². The standard InChI is InChI=1S/C36H46BrN10O3P/c1-22-20-47(21-23(2)50-22)25-9-13-46(14-10-25)31-16-32(49-4)30(15-26(31)24(17-38)18-39-3)44-36-42-19-27(37)35(45-36)43-29-8-7-28-33(41-12-11-40-28)34(29)51(5,6)48/h7-8,11-12,15-19,22-23,25H,9-10,13-14,20-21,38H2,1-6H3,(H2,42,43,44,45). The van der Waals surface area contributed by atoms with Crippen molar-refractivity contribution in [1.29, 1.82) is 0 Å². The Bertz CT molecular complexity index is 1990. The first kappa shape index (κ1) is 36.7. The number of hydrogen-bond donors (Lipinski definition) is 3. The number of piperidine rings is 1. The lowest BCUT2D eigenvalue weighted by molar-refractivity contribution is -0.0826. The first-order valence-electron chi connectivity index (χ1n) is 17.1. The fraction of sp³-hybridized carbons (Fsp3) is 0.417. The van der Waals surface area contributed by atoms with E-state index in [9.17, 15) is 4.57 Å². The molecule has 51 heavy (non-hydrogen) atoms. The molecule has 0 aliphatic carbocycles. The van der Waals surface area contributed by atoms with E-state index in [-0.39, 0.29) is 12.2 Å². The monoisotopic (exact) mass is 776 g/mol. The topological polar surface area (TPSA) is 156 Å². The van der Waals surface area contributed by atoms with Gasteiger partial charge >= 0.3 is 0 Å². The SMILES string of the molecule is CN=CC(=CN)c1cc(Nc2ncc(Br)c(Nc3ccc4nccnc4c3P(C)(C)=O)n2)c(OC)cc1N1CCC(N2CC(C)OC(C)C2)CC1. The highest BCUT2D eigenvalue weighted by molar-refractivity contribution is 9.10. The van der Waals surface area contributed by atoms with Crippen molar-refractivity contribution >= 4 is 80.0 Å². The Kier molecular flexibility index (Phi) is 11.3. The molecule has 2 saturated heterocycles. The summed E-state index contributed by atoms with van der Waals surface area (Å²) in [6.45, 7) is 11.5. The van der Waals surface area contributed by atoms with E-state index < -0.39 is 7.14 Å². The molecule has 0 radical (unpaired) electrons. The Balaban J connectivity index is 1.30. The van der Waals surface area contributed by atoms with Crippen molar-refractivity contribution < 1.29 is 14.0 Å². The lowest BCUT2D eigenvalue weighted by atomic mass is 9.97. The third-order valence-electron chi connectivity index (χ3n) is 9.24. The maximum Gasteiger partial charge on any atom is 0.229 e. The summed E-state index contributed by atoms with van der Waals surface area (Å²) in [5, 5.41) is 7.33. The van der Waals surface area contributed by atoms with Gasteiger partial charge in [0.1, 0.15) is 24.2 Å². The number of fused-ring (bicyclic) bond motifs is 1. The number of ether oxygens (including phenoxy) is 2. The maximum atomic E-state index is 13.5. The van der Waals surface area contributed by atoms with Crippen molar-refractivity contribution in [2.45, 2.75) is 44.9 Å². The van der Waals surface area contributed by atoms with Crippen LogP contribution in [0, 0.1) is 0 Å². The van der Waals surface area contributed by atoms with Gasteiger partial charge in [-0.15, -0.1) is 0 Å².